The molecule has 0 fully saturated rings. The van der Waals surface area contributed by atoms with Gasteiger partial charge in [0.2, 0.25) is 5.91 Å². The summed E-state index contributed by atoms with van der Waals surface area (Å²) in [6.45, 7) is 5.72. The molecule has 0 radical (unpaired) electrons. The molecular weight excluding hydrogens is 385 g/mol. The van der Waals surface area contributed by atoms with Crippen molar-refractivity contribution in [3.05, 3.63) is 64.2 Å². The van der Waals surface area contributed by atoms with Gasteiger partial charge in [0.15, 0.2) is 0 Å². The number of alkyl halides is 1. The topological polar surface area (TPSA) is 70.2 Å². The van der Waals surface area contributed by atoms with Gasteiger partial charge in [-0.15, -0.1) is 11.6 Å². The summed E-state index contributed by atoms with van der Waals surface area (Å²) in [5.74, 6) is -0.504. The van der Waals surface area contributed by atoms with E-state index in [0.717, 1.165) is 5.56 Å². The summed E-state index contributed by atoms with van der Waals surface area (Å²) in [7, 11) is 0. The second-order valence-corrected chi connectivity index (χ2v) is 7.61. The van der Waals surface area contributed by atoms with Gasteiger partial charge in [-0.1, -0.05) is 41.9 Å². The molecule has 0 aliphatic carbocycles. The number of carbonyl (C=O) groups is 2. The van der Waals surface area contributed by atoms with Crippen LogP contribution in [0.25, 0.3) is 0 Å². The molecule has 0 spiro atoms. The predicted octanol–water partition coefficient (Wildman–Crippen LogP) is 4.29. The van der Waals surface area contributed by atoms with Crippen molar-refractivity contribution in [1.29, 1.82) is 0 Å². The van der Waals surface area contributed by atoms with Crippen LogP contribution in [0.2, 0.25) is 5.02 Å². The molecule has 2 aromatic rings. The van der Waals surface area contributed by atoms with Crippen molar-refractivity contribution >= 4 is 40.7 Å². The van der Waals surface area contributed by atoms with E-state index in [4.69, 9.17) is 23.2 Å². The van der Waals surface area contributed by atoms with Crippen LogP contribution in [0.5, 0.6) is 0 Å². The molecule has 0 saturated heterocycles. The molecule has 2 aromatic carbocycles. The Morgan fingerprint density at radius 3 is 2.41 bits per heavy atom. The summed E-state index contributed by atoms with van der Waals surface area (Å²) in [6.07, 6.45) is 0. The normalized spacial score (nSPS) is 11.1. The highest BCUT2D eigenvalue weighted by Gasteiger charge is 2.28. The Balaban J connectivity index is 2.17. The number of carbonyl (C=O) groups excluding carboxylic acids is 2. The second kappa shape index (κ2) is 9.22. The number of hydrazine groups is 1. The van der Waals surface area contributed by atoms with E-state index in [9.17, 15) is 9.59 Å². The van der Waals surface area contributed by atoms with Crippen molar-refractivity contribution in [1.82, 2.24) is 10.9 Å². The smallest absolute Gasteiger partial charge is 0.267 e. The van der Waals surface area contributed by atoms with Gasteiger partial charge in [-0.25, -0.2) is 5.43 Å². The van der Waals surface area contributed by atoms with E-state index in [1.807, 2.05) is 30.3 Å². The zero-order valence-electron chi connectivity index (χ0n) is 15.5. The summed E-state index contributed by atoms with van der Waals surface area (Å²) < 4.78 is 0. The van der Waals surface area contributed by atoms with Gasteiger partial charge in [0, 0.05) is 17.4 Å². The fourth-order valence-electron chi connectivity index (χ4n) is 2.32. The molecule has 0 atom stereocenters. The number of hydrogen-bond acceptors (Lipinski definition) is 3. The number of rotatable bonds is 7. The first-order chi connectivity index (χ1) is 12.7. The highest BCUT2D eigenvalue weighted by molar-refractivity contribution is 6.31. The van der Waals surface area contributed by atoms with Crippen LogP contribution in [-0.4, -0.2) is 17.7 Å². The monoisotopic (exact) mass is 407 g/mol. The lowest BCUT2D eigenvalue weighted by molar-refractivity contribution is -0.122. The molecule has 0 saturated carbocycles. The number of anilines is 1. The van der Waals surface area contributed by atoms with Gasteiger partial charge in [0.05, 0.1) is 16.7 Å². The number of aryl methyl sites for hydroxylation is 1. The maximum Gasteiger partial charge on any atom is 0.267 e. The van der Waals surface area contributed by atoms with Gasteiger partial charge in [0.1, 0.15) is 0 Å². The Kier molecular flexibility index (Phi) is 7.25. The lowest BCUT2D eigenvalue weighted by Crippen LogP contribution is -2.38. The standard InChI is InChI=1S/C20H23Cl2N3O2/c1-13-9-15(22)10-16(17(13)24-19(27)20(2,3)12-21)18(26)25-23-11-14-7-5-4-6-8-14/h4-10,23H,11-12H2,1-3H3,(H,24,27)(H,25,26). The quantitative estimate of drug-likeness (QED) is 0.473. The van der Waals surface area contributed by atoms with Crippen molar-refractivity contribution in [2.24, 2.45) is 5.41 Å². The van der Waals surface area contributed by atoms with Gasteiger partial charge in [-0.2, -0.15) is 0 Å². The van der Waals surface area contributed by atoms with Crippen LogP contribution < -0.4 is 16.2 Å². The molecule has 7 heteroatoms. The number of halogens is 2. The minimum Gasteiger partial charge on any atom is -0.325 e. The average molecular weight is 408 g/mol. The van der Waals surface area contributed by atoms with E-state index in [1.165, 1.54) is 6.07 Å². The highest BCUT2D eigenvalue weighted by atomic mass is 35.5. The molecule has 2 rings (SSSR count). The van der Waals surface area contributed by atoms with Crippen LogP contribution in [-0.2, 0) is 11.3 Å². The van der Waals surface area contributed by atoms with Crippen LogP contribution in [0, 0.1) is 12.3 Å². The van der Waals surface area contributed by atoms with E-state index in [-0.39, 0.29) is 17.4 Å². The molecule has 3 N–H and O–H groups in total. The average Bonchev–Trinajstić information content (AvgIpc) is 2.64. The number of benzene rings is 2. The largest absolute Gasteiger partial charge is 0.325 e. The lowest BCUT2D eigenvalue weighted by atomic mass is 9.94. The zero-order chi connectivity index (χ0) is 20.0. The molecule has 5 nitrogen and oxygen atoms in total. The molecule has 0 heterocycles. The van der Waals surface area contributed by atoms with Crippen molar-refractivity contribution in [2.45, 2.75) is 27.3 Å². The SMILES string of the molecule is Cc1cc(Cl)cc(C(=O)NNCc2ccccc2)c1NC(=O)C(C)(C)CCl. The number of hydrogen-bond donors (Lipinski definition) is 3. The molecule has 0 bridgehead atoms. The van der Waals surface area contributed by atoms with Crippen LogP contribution in [0.1, 0.15) is 35.3 Å². The van der Waals surface area contributed by atoms with E-state index >= 15 is 0 Å². The van der Waals surface area contributed by atoms with E-state index in [1.54, 1.807) is 26.8 Å². The molecule has 2 amide bonds. The van der Waals surface area contributed by atoms with Gasteiger partial charge in [-0.05, 0) is 44.0 Å². The molecule has 0 aromatic heterocycles. The van der Waals surface area contributed by atoms with Crippen LogP contribution in [0.4, 0.5) is 5.69 Å². The third-order valence-corrected chi connectivity index (χ3v) is 4.96. The predicted molar refractivity (Wildman–Crippen MR) is 110 cm³/mol. The summed E-state index contributed by atoms with van der Waals surface area (Å²) in [5.41, 5.74) is 7.17. The maximum absolute atomic E-state index is 12.7. The third kappa shape index (κ3) is 5.70. The van der Waals surface area contributed by atoms with Gasteiger partial charge < -0.3 is 5.32 Å². The lowest BCUT2D eigenvalue weighted by Gasteiger charge is -2.22. The van der Waals surface area contributed by atoms with Crippen LogP contribution in [0.15, 0.2) is 42.5 Å². The Morgan fingerprint density at radius 1 is 1.11 bits per heavy atom. The first-order valence-electron chi connectivity index (χ1n) is 8.49. The fraction of sp³-hybridized carbons (Fsp3) is 0.300. The van der Waals surface area contributed by atoms with E-state index in [2.05, 4.69) is 16.2 Å². The second-order valence-electron chi connectivity index (χ2n) is 6.91. The number of nitrogens with one attached hydrogen (secondary N) is 3. The van der Waals surface area contributed by atoms with Crippen molar-refractivity contribution < 1.29 is 9.59 Å². The molecule has 0 unspecified atom stereocenters. The van der Waals surface area contributed by atoms with Gasteiger partial charge in [0.25, 0.3) is 5.91 Å². The Labute approximate surface area is 169 Å². The number of amides is 2. The fourth-order valence-corrected chi connectivity index (χ4v) is 2.72. The molecule has 0 aliphatic heterocycles. The Morgan fingerprint density at radius 2 is 1.78 bits per heavy atom. The molecule has 27 heavy (non-hydrogen) atoms. The van der Waals surface area contributed by atoms with Crippen molar-refractivity contribution in [3.63, 3.8) is 0 Å². The van der Waals surface area contributed by atoms with Crippen LogP contribution in [0.3, 0.4) is 0 Å². The molecule has 144 valence electrons. The highest BCUT2D eigenvalue weighted by Crippen LogP contribution is 2.28. The van der Waals surface area contributed by atoms with Crippen LogP contribution >= 0.6 is 23.2 Å². The van der Waals surface area contributed by atoms with Gasteiger partial charge in [-0.3, -0.25) is 15.0 Å². The zero-order valence-corrected chi connectivity index (χ0v) is 17.0. The summed E-state index contributed by atoms with van der Waals surface area (Å²) in [6, 6.07) is 12.9. The molecule has 0 aliphatic rings. The minimum absolute atomic E-state index is 0.158. The minimum atomic E-state index is -0.771. The molecular formula is C20H23Cl2N3O2. The van der Waals surface area contributed by atoms with E-state index < -0.39 is 11.3 Å². The van der Waals surface area contributed by atoms with Crippen molar-refractivity contribution in [2.75, 3.05) is 11.2 Å². The summed E-state index contributed by atoms with van der Waals surface area (Å²) >= 11 is 12.0. The maximum atomic E-state index is 12.7. The first kappa shape index (κ1) is 21.2. The van der Waals surface area contributed by atoms with E-state index in [0.29, 0.717) is 22.8 Å². The first-order valence-corrected chi connectivity index (χ1v) is 9.40. The third-order valence-electron chi connectivity index (χ3n) is 4.07. The van der Waals surface area contributed by atoms with Gasteiger partial charge >= 0.3 is 0 Å². The Bertz CT molecular complexity index is 823. The Hall–Kier alpha value is -2.08. The summed E-state index contributed by atoms with van der Waals surface area (Å²) in [5, 5.41) is 3.23. The van der Waals surface area contributed by atoms with Crippen molar-refractivity contribution in [3.8, 4) is 0 Å². The summed E-state index contributed by atoms with van der Waals surface area (Å²) in [4.78, 5) is 25.2.